The summed E-state index contributed by atoms with van der Waals surface area (Å²) in [5.41, 5.74) is 1.92. The average molecular weight is 499 g/mol. The Hall–Kier alpha value is -3.24. The van der Waals surface area contributed by atoms with Crippen molar-refractivity contribution >= 4 is 17.6 Å². The monoisotopic (exact) mass is 498 g/mol. The van der Waals surface area contributed by atoms with Gasteiger partial charge in [-0.3, -0.25) is 9.69 Å². The Morgan fingerprint density at radius 1 is 1.22 bits per heavy atom. The van der Waals surface area contributed by atoms with Gasteiger partial charge >= 0.3 is 6.03 Å². The fraction of sp³-hybridized carbons (Fsp3) is 0.538. The van der Waals surface area contributed by atoms with Crippen LogP contribution in [-0.2, 0) is 11.3 Å². The van der Waals surface area contributed by atoms with E-state index in [1.54, 1.807) is 37.3 Å². The number of carbonyl (C=O) groups excluding carboxylic acids is 2. The maximum absolute atomic E-state index is 13.5. The molecule has 0 saturated heterocycles. The molecule has 10 heteroatoms. The van der Waals surface area contributed by atoms with Crippen molar-refractivity contribution in [3.63, 3.8) is 0 Å². The number of anilines is 1. The van der Waals surface area contributed by atoms with E-state index in [0.717, 1.165) is 12.1 Å². The molecule has 10 nitrogen and oxygen atoms in total. The van der Waals surface area contributed by atoms with Gasteiger partial charge in [0.25, 0.3) is 5.91 Å². The highest BCUT2D eigenvalue weighted by Crippen LogP contribution is 2.26. The molecule has 196 valence electrons. The summed E-state index contributed by atoms with van der Waals surface area (Å²) >= 11 is 0. The quantitative estimate of drug-likeness (QED) is 0.652. The van der Waals surface area contributed by atoms with Gasteiger partial charge in [0.05, 0.1) is 11.7 Å². The molecule has 1 aliphatic heterocycles. The van der Waals surface area contributed by atoms with E-state index in [-0.39, 0.29) is 36.0 Å². The number of hydrogen-bond acceptors (Lipinski definition) is 7. The molecule has 0 fully saturated rings. The van der Waals surface area contributed by atoms with E-state index >= 15 is 0 Å². The molecule has 36 heavy (non-hydrogen) atoms. The fourth-order valence-corrected chi connectivity index (χ4v) is 4.23. The largest absolute Gasteiger partial charge is 0.491 e. The zero-order valence-electron chi connectivity index (χ0n) is 22.0. The maximum atomic E-state index is 13.5. The molecule has 0 unspecified atom stereocenters. The number of nitrogens with zero attached hydrogens (tertiary/aromatic N) is 4. The van der Waals surface area contributed by atoms with Crippen LogP contribution in [0, 0.1) is 5.92 Å². The van der Waals surface area contributed by atoms with Crippen LogP contribution >= 0.6 is 0 Å². The number of methoxy groups -OCH3 is 1. The van der Waals surface area contributed by atoms with Crippen molar-refractivity contribution in [3.8, 4) is 5.75 Å². The van der Waals surface area contributed by atoms with Gasteiger partial charge in [0, 0.05) is 69.5 Å². The summed E-state index contributed by atoms with van der Waals surface area (Å²) in [6.45, 7) is 10.2. The van der Waals surface area contributed by atoms with Gasteiger partial charge in [0.15, 0.2) is 0 Å². The van der Waals surface area contributed by atoms with Crippen LogP contribution in [0.1, 0.15) is 43.6 Å². The Morgan fingerprint density at radius 2 is 1.94 bits per heavy atom. The number of fused-ring (bicyclic) bond motifs is 1. The summed E-state index contributed by atoms with van der Waals surface area (Å²) in [7, 11) is 3.43. The molecule has 3 atom stereocenters. The third-order valence-electron chi connectivity index (χ3n) is 6.25. The molecule has 0 bridgehead atoms. The fourth-order valence-electron chi connectivity index (χ4n) is 4.23. The molecule has 0 radical (unpaired) electrons. The molecule has 2 heterocycles. The maximum Gasteiger partial charge on any atom is 0.319 e. The first-order valence-corrected chi connectivity index (χ1v) is 12.3. The van der Waals surface area contributed by atoms with Gasteiger partial charge in [-0.05, 0) is 44.9 Å². The van der Waals surface area contributed by atoms with Crippen LogP contribution in [0.2, 0.25) is 0 Å². The number of likely N-dealkylation sites (N-methyl/N-ethyl adjacent to an activating group) is 1. The van der Waals surface area contributed by atoms with Crippen LogP contribution in [0.15, 0.2) is 36.9 Å². The number of aromatic nitrogens is 2. The van der Waals surface area contributed by atoms with E-state index in [1.165, 1.54) is 6.33 Å². The normalized spacial score (nSPS) is 21.7. The molecule has 2 aromatic rings. The highest BCUT2D eigenvalue weighted by molar-refractivity contribution is 5.99. The molecule has 3 amide bonds. The second kappa shape index (κ2) is 12.6. The predicted octanol–water partition coefficient (Wildman–Crippen LogP) is 3.01. The lowest BCUT2D eigenvalue weighted by atomic mass is 10.0. The summed E-state index contributed by atoms with van der Waals surface area (Å²) in [5.74, 6) is 0.418. The molecular formula is C26H38N6O4. The highest BCUT2D eigenvalue weighted by atomic mass is 16.5. The topological polar surface area (TPSA) is 109 Å². The lowest BCUT2D eigenvalue weighted by Crippen LogP contribution is -2.46. The Balaban J connectivity index is 1.91. The lowest BCUT2D eigenvalue weighted by molar-refractivity contribution is 0.00918. The summed E-state index contributed by atoms with van der Waals surface area (Å²) in [5, 5.41) is 5.58. The number of ether oxygens (including phenoxy) is 2. The van der Waals surface area contributed by atoms with Gasteiger partial charge in [-0.2, -0.15) is 0 Å². The molecule has 1 aliphatic rings. The lowest BCUT2D eigenvalue weighted by Gasteiger charge is -2.36. The Labute approximate surface area is 213 Å². The average Bonchev–Trinajstić information content (AvgIpc) is 2.84. The summed E-state index contributed by atoms with van der Waals surface area (Å²) in [6, 6.07) is 4.83. The van der Waals surface area contributed by atoms with Crippen LogP contribution in [0.25, 0.3) is 0 Å². The van der Waals surface area contributed by atoms with Crippen molar-refractivity contribution in [1.82, 2.24) is 25.1 Å². The van der Waals surface area contributed by atoms with E-state index < -0.39 is 0 Å². The summed E-state index contributed by atoms with van der Waals surface area (Å²) in [6.07, 6.45) is 5.00. The smallest absolute Gasteiger partial charge is 0.319 e. The van der Waals surface area contributed by atoms with Crippen LogP contribution in [0.4, 0.5) is 10.5 Å². The number of benzene rings is 1. The standard InChI is InChI=1S/C26H38N6O4/c1-17(2)29-26(34)30-21-7-8-23-22(9-21)25(33)31(5)14-24(35-6)18(3)12-32(19(4)15-36-23)13-20-10-27-16-28-11-20/h7-11,16-19,24H,12-15H2,1-6H3,(H2,29,30,34)/t18-,19-,24+/m1/s1. The number of rotatable bonds is 5. The van der Waals surface area contributed by atoms with Gasteiger partial charge in [-0.15, -0.1) is 0 Å². The predicted molar refractivity (Wildman–Crippen MR) is 138 cm³/mol. The van der Waals surface area contributed by atoms with Crippen molar-refractivity contribution in [2.24, 2.45) is 5.92 Å². The molecular weight excluding hydrogens is 460 g/mol. The van der Waals surface area contributed by atoms with E-state index in [9.17, 15) is 9.59 Å². The number of amides is 3. The van der Waals surface area contributed by atoms with Gasteiger partial charge < -0.3 is 25.0 Å². The Bertz CT molecular complexity index is 1020. The van der Waals surface area contributed by atoms with Crippen LogP contribution in [0.3, 0.4) is 0 Å². The Kier molecular flexibility index (Phi) is 9.60. The summed E-state index contributed by atoms with van der Waals surface area (Å²) < 4.78 is 12.0. The van der Waals surface area contributed by atoms with Crippen molar-refractivity contribution in [1.29, 1.82) is 0 Å². The van der Waals surface area contributed by atoms with Gasteiger partial charge in [-0.1, -0.05) is 6.92 Å². The first-order chi connectivity index (χ1) is 17.2. The van der Waals surface area contributed by atoms with Crippen molar-refractivity contribution in [2.75, 3.05) is 39.2 Å². The SMILES string of the molecule is CO[C@H]1CN(C)C(=O)c2cc(NC(=O)NC(C)C)ccc2OC[C@@H](C)N(Cc2cncnc2)C[C@H]1C. The minimum absolute atomic E-state index is 0.00904. The number of hydrogen-bond donors (Lipinski definition) is 2. The van der Waals surface area contributed by atoms with E-state index in [2.05, 4.69) is 39.3 Å². The van der Waals surface area contributed by atoms with E-state index in [4.69, 9.17) is 9.47 Å². The second-order valence-corrected chi connectivity index (χ2v) is 9.74. The third kappa shape index (κ3) is 7.38. The third-order valence-corrected chi connectivity index (χ3v) is 6.25. The molecule has 1 aromatic heterocycles. The van der Waals surface area contributed by atoms with Crippen molar-refractivity contribution < 1.29 is 19.1 Å². The zero-order chi connectivity index (χ0) is 26.2. The van der Waals surface area contributed by atoms with Crippen LogP contribution in [0.5, 0.6) is 5.75 Å². The van der Waals surface area contributed by atoms with Gasteiger partial charge in [0.2, 0.25) is 0 Å². The minimum atomic E-state index is -0.331. The van der Waals surface area contributed by atoms with Gasteiger partial charge in [-0.25, -0.2) is 14.8 Å². The first-order valence-electron chi connectivity index (χ1n) is 12.3. The molecule has 1 aromatic carbocycles. The molecule has 0 saturated carbocycles. The molecule has 0 aliphatic carbocycles. The zero-order valence-corrected chi connectivity index (χ0v) is 22.0. The molecule has 0 spiro atoms. The van der Waals surface area contributed by atoms with Gasteiger partial charge in [0.1, 0.15) is 18.7 Å². The molecule has 2 N–H and O–H groups in total. The van der Waals surface area contributed by atoms with Crippen molar-refractivity contribution in [3.05, 3.63) is 48.0 Å². The summed E-state index contributed by atoms with van der Waals surface area (Å²) in [4.78, 5) is 37.9. The van der Waals surface area contributed by atoms with Crippen LogP contribution < -0.4 is 15.4 Å². The Morgan fingerprint density at radius 3 is 2.61 bits per heavy atom. The van der Waals surface area contributed by atoms with Crippen molar-refractivity contribution in [2.45, 2.75) is 52.4 Å². The number of nitrogens with one attached hydrogen (secondary N) is 2. The number of urea groups is 1. The second-order valence-electron chi connectivity index (χ2n) is 9.74. The minimum Gasteiger partial charge on any atom is -0.491 e. The number of carbonyl (C=O) groups is 2. The van der Waals surface area contributed by atoms with Crippen LogP contribution in [-0.4, -0.2) is 83.7 Å². The first kappa shape index (κ1) is 27.3. The van der Waals surface area contributed by atoms with E-state index in [1.807, 2.05) is 26.2 Å². The molecule has 3 rings (SSSR count). The van der Waals surface area contributed by atoms with E-state index in [0.29, 0.717) is 36.7 Å². The highest BCUT2D eigenvalue weighted by Gasteiger charge is 2.28.